The summed E-state index contributed by atoms with van der Waals surface area (Å²) in [4.78, 5) is 2.49. The van der Waals surface area contributed by atoms with Crippen molar-refractivity contribution < 1.29 is 1.37 Å². The Morgan fingerprint density at radius 1 is 0.452 bits per heavy atom. The van der Waals surface area contributed by atoms with Crippen LogP contribution < -0.4 is 4.90 Å². The van der Waals surface area contributed by atoms with Gasteiger partial charge in [-0.05, 0) is 150 Å². The van der Waals surface area contributed by atoms with Crippen molar-refractivity contribution in [1.82, 2.24) is 0 Å². The van der Waals surface area contributed by atoms with Crippen LogP contribution in [0.5, 0.6) is 0 Å². The zero-order chi connectivity index (χ0) is 42.9. The van der Waals surface area contributed by atoms with Gasteiger partial charge in [0.05, 0.1) is 5.41 Å². The van der Waals surface area contributed by atoms with Gasteiger partial charge in [-0.1, -0.05) is 187 Å². The third kappa shape index (κ3) is 5.27. The number of hydrogen-bond donors (Lipinski definition) is 0. The molecule has 1 spiro atoms. The Bertz CT molecular complexity index is 3140. The van der Waals surface area contributed by atoms with E-state index in [2.05, 4.69) is 215 Å². The molecule has 0 heterocycles. The van der Waals surface area contributed by atoms with Crippen molar-refractivity contribution in [1.29, 1.82) is 0 Å². The minimum atomic E-state index is -0.529. The summed E-state index contributed by atoms with van der Waals surface area (Å²) in [5.74, 6) is -0.529. The smallest absolute Gasteiger partial charge is 0.0726 e. The fourth-order valence-electron chi connectivity index (χ4n) is 11.9. The highest BCUT2D eigenvalue weighted by Gasteiger charge is 2.52. The van der Waals surface area contributed by atoms with E-state index in [9.17, 15) is 1.37 Å². The van der Waals surface area contributed by atoms with Crippen LogP contribution in [0.2, 0.25) is 0 Å². The van der Waals surface area contributed by atoms with E-state index >= 15 is 0 Å². The van der Waals surface area contributed by atoms with Gasteiger partial charge in [0.15, 0.2) is 0 Å². The predicted octanol–water partition coefficient (Wildman–Crippen LogP) is 16.4. The Kier molecular flexibility index (Phi) is 7.91. The second-order valence-corrected chi connectivity index (χ2v) is 19.7. The summed E-state index contributed by atoms with van der Waals surface area (Å²) in [7, 11) is 0. The van der Waals surface area contributed by atoms with Crippen LogP contribution in [0.1, 0.15) is 112 Å². The second-order valence-electron chi connectivity index (χ2n) is 19.7. The molecule has 1 atom stereocenters. The maximum atomic E-state index is 9.49. The van der Waals surface area contributed by atoms with Gasteiger partial charge in [-0.2, -0.15) is 0 Å². The quantitative estimate of drug-likeness (QED) is 0.168. The van der Waals surface area contributed by atoms with Crippen molar-refractivity contribution in [3.8, 4) is 44.5 Å². The summed E-state index contributed by atoms with van der Waals surface area (Å²) in [5.41, 5.74) is 23.7. The Hall–Kier alpha value is -6.44. The molecule has 12 rings (SSSR count). The summed E-state index contributed by atoms with van der Waals surface area (Å²) in [6.45, 7) is 11.7. The van der Waals surface area contributed by atoms with Gasteiger partial charge in [-0.15, -0.1) is 0 Å². The third-order valence-corrected chi connectivity index (χ3v) is 15.0. The average molecular weight is 801 g/mol. The van der Waals surface area contributed by atoms with Gasteiger partial charge in [0, 0.05) is 23.8 Å². The van der Waals surface area contributed by atoms with Crippen LogP contribution in [0, 0.1) is 0 Å². The lowest BCUT2D eigenvalue weighted by atomic mass is 9.69. The minimum Gasteiger partial charge on any atom is -0.310 e. The zero-order valence-electron chi connectivity index (χ0n) is 37.5. The van der Waals surface area contributed by atoms with Gasteiger partial charge in [0.2, 0.25) is 0 Å². The first kappa shape index (κ1) is 36.2. The van der Waals surface area contributed by atoms with E-state index in [1.807, 2.05) is 0 Å². The van der Waals surface area contributed by atoms with Crippen LogP contribution in [-0.4, -0.2) is 0 Å². The lowest BCUT2D eigenvalue weighted by Crippen LogP contribution is -2.27. The Balaban J connectivity index is 1.08. The van der Waals surface area contributed by atoms with E-state index in [1.165, 1.54) is 77.9 Å². The fourth-order valence-corrected chi connectivity index (χ4v) is 11.9. The summed E-state index contributed by atoms with van der Waals surface area (Å²) < 4.78 is 9.49. The molecule has 1 saturated carbocycles. The van der Waals surface area contributed by atoms with Crippen molar-refractivity contribution in [3.05, 3.63) is 220 Å². The minimum absolute atomic E-state index is 0.00335. The highest BCUT2D eigenvalue weighted by atomic mass is 15.1. The largest absolute Gasteiger partial charge is 0.310 e. The maximum absolute atomic E-state index is 9.49. The summed E-state index contributed by atoms with van der Waals surface area (Å²) >= 11 is 0. The van der Waals surface area contributed by atoms with Gasteiger partial charge in [-0.3, -0.25) is 0 Å². The Morgan fingerprint density at radius 3 is 1.52 bits per heavy atom. The van der Waals surface area contributed by atoms with Crippen molar-refractivity contribution in [3.63, 3.8) is 0 Å². The SMILES string of the molecule is [2H]C1(c2ccccc2-c2ccc(N(c3ccc4c(c3)C(C)(C)c3ccccc3-4)c3ccc4c(c3)C3(c5ccccc5-4)c4ccccc4-c4ccc(C(C)(C)C)cc43)cc2)CCCC1. The highest BCUT2D eigenvalue weighted by molar-refractivity contribution is 5.97. The molecule has 0 bridgehead atoms. The van der Waals surface area contributed by atoms with Crippen molar-refractivity contribution in [2.24, 2.45) is 0 Å². The average Bonchev–Trinajstić information content (AvgIpc) is 4.03. The van der Waals surface area contributed by atoms with Gasteiger partial charge in [0.25, 0.3) is 0 Å². The molecule has 0 radical (unpaired) electrons. The molecule has 0 N–H and O–H groups in total. The van der Waals surface area contributed by atoms with E-state index in [1.54, 1.807) is 0 Å². The second kappa shape index (κ2) is 13.5. The molecule has 0 saturated heterocycles. The molecule has 1 nitrogen and oxygen atoms in total. The van der Waals surface area contributed by atoms with E-state index in [0.717, 1.165) is 53.9 Å². The normalized spacial score (nSPS) is 18.4. The van der Waals surface area contributed by atoms with Crippen LogP contribution in [0.4, 0.5) is 17.1 Å². The lowest BCUT2D eigenvalue weighted by molar-refractivity contribution is 0.588. The summed E-state index contributed by atoms with van der Waals surface area (Å²) in [5, 5.41) is 0. The fraction of sp³-hybridized carbons (Fsp3) is 0.213. The summed E-state index contributed by atoms with van der Waals surface area (Å²) in [6, 6.07) is 66.7. The number of fused-ring (bicyclic) bond motifs is 13. The maximum Gasteiger partial charge on any atom is 0.0726 e. The molecule has 4 aliphatic rings. The number of rotatable bonds is 5. The van der Waals surface area contributed by atoms with Gasteiger partial charge in [0.1, 0.15) is 0 Å². The van der Waals surface area contributed by atoms with Crippen LogP contribution in [-0.2, 0) is 16.2 Å². The number of hydrogen-bond acceptors (Lipinski definition) is 1. The third-order valence-electron chi connectivity index (χ3n) is 15.0. The Morgan fingerprint density at radius 2 is 0.903 bits per heavy atom. The van der Waals surface area contributed by atoms with Gasteiger partial charge in [-0.25, -0.2) is 0 Å². The molecule has 8 aromatic rings. The molecule has 1 unspecified atom stereocenters. The predicted molar refractivity (Wildman–Crippen MR) is 260 cm³/mol. The molecule has 0 aliphatic heterocycles. The number of benzene rings is 8. The Labute approximate surface area is 369 Å². The number of anilines is 3. The van der Waals surface area contributed by atoms with Crippen LogP contribution in [0.25, 0.3) is 44.5 Å². The first-order valence-corrected chi connectivity index (χ1v) is 22.7. The standard InChI is InChI=1S/C61H53N/c1-59(2,3)41-28-33-51-48-21-11-14-24-54(48)61(57(51)36-41)55-25-15-12-22-49(55)52-35-32-44(38-58(52)61)62(43-31-34-50-47-20-10-13-23-53(47)60(4,5)56(50)37-43)42-29-26-40(27-30-42)46-19-9-8-18-45(46)39-16-6-7-17-39/h8-15,18-39H,6-7,16-17H2,1-5H3/i39D. The molecule has 8 aromatic carbocycles. The zero-order valence-corrected chi connectivity index (χ0v) is 36.5. The van der Waals surface area contributed by atoms with Crippen molar-refractivity contribution in [2.45, 2.75) is 82.4 Å². The van der Waals surface area contributed by atoms with E-state index in [4.69, 9.17) is 0 Å². The molecule has 0 amide bonds. The molecule has 4 aliphatic carbocycles. The van der Waals surface area contributed by atoms with Crippen LogP contribution in [0.15, 0.2) is 176 Å². The van der Waals surface area contributed by atoms with Gasteiger partial charge >= 0.3 is 0 Å². The molecular formula is C61H53N. The lowest BCUT2D eigenvalue weighted by Gasteiger charge is -2.33. The molecule has 1 fully saturated rings. The molecule has 1 heteroatoms. The van der Waals surface area contributed by atoms with E-state index in [-0.39, 0.29) is 10.8 Å². The molecule has 0 aromatic heterocycles. The van der Waals surface area contributed by atoms with Gasteiger partial charge < -0.3 is 4.90 Å². The van der Waals surface area contributed by atoms with E-state index in [0.29, 0.717) is 0 Å². The molecule has 302 valence electrons. The first-order chi connectivity index (χ1) is 30.5. The monoisotopic (exact) mass is 800 g/mol. The molecule has 62 heavy (non-hydrogen) atoms. The highest BCUT2D eigenvalue weighted by Crippen LogP contribution is 2.64. The number of nitrogens with zero attached hydrogens (tertiary/aromatic N) is 1. The van der Waals surface area contributed by atoms with Crippen LogP contribution in [0.3, 0.4) is 0 Å². The first-order valence-electron chi connectivity index (χ1n) is 23.2. The summed E-state index contributed by atoms with van der Waals surface area (Å²) in [6.07, 6.45) is 4.09. The van der Waals surface area contributed by atoms with Crippen molar-refractivity contribution in [2.75, 3.05) is 4.90 Å². The topological polar surface area (TPSA) is 3.24 Å². The molecular weight excluding hydrogens is 747 g/mol. The van der Waals surface area contributed by atoms with Crippen LogP contribution >= 0.6 is 0 Å². The van der Waals surface area contributed by atoms with E-state index < -0.39 is 11.3 Å². The van der Waals surface area contributed by atoms with Crippen molar-refractivity contribution >= 4 is 17.1 Å².